The normalized spacial score (nSPS) is 20.7. The monoisotopic (exact) mass is 337 g/mol. The second-order valence-corrected chi connectivity index (χ2v) is 7.73. The average Bonchev–Trinajstić information content (AvgIpc) is 3.30. The van der Waals surface area contributed by atoms with E-state index in [1.807, 2.05) is 17.2 Å². The number of aromatic nitrogens is 2. The van der Waals surface area contributed by atoms with Gasteiger partial charge in [0.15, 0.2) is 0 Å². The molecule has 1 saturated carbocycles. The minimum Gasteiger partial charge on any atom is -0.342 e. The van der Waals surface area contributed by atoms with E-state index >= 15 is 0 Å². The van der Waals surface area contributed by atoms with Crippen molar-refractivity contribution >= 4 is 5.91 Å². The molecular formula is C21H27N3O. The van der Waals surface area contributed by atoms with E-state index in [1.165, 1.54) is 24.2 Å². The van der Waals surface area contributed by atoms with Crippen molar-refractivity contribution in [3.05, 3.63) is 53.6 Å². The van der Waals surface area contributed by atoms with Crippen LogP contribution in [0.4, 0.5) is 0 Å². The standard InChI is InChI=1S/C21H27N3O/c1-16-4-2-5-18(12-16)13-20(25)23-10-3-6-19(15-23)21-22-9-11-24(21)14-17-7-8-17/h2,4-5,9,11-12,17,19H,3,6-8,10,13-15H2,1H3/t19-/m0/s1. The molecule has 1 amide bonds. The molecule has 4 heteroatoms. The Labute approximate surface area is 149 Å². The highest BCUT2D eigenvalue weighted by molar-refractivity contribution is 5.79. The molecule has 2 aliphatic rings. The Kier molecular flexibility index (Phi) is 4.60. The summed E-state index contributed by atoms with van der Waals surface area (Å²) in [4.78, 5) is 19.4. The van der Waals surface area contributed by atoms with E-state index in [9.17, 15) is 4.79 Å². The summed E-state index contributed by atoms with van der Waals surface area (Å²) in [6, 6.07) is 8.27. The lowest BCUT2D eigenvalue weighted by molar-refractivity contribution is -0.131. The maximum absolute atomic E-state index is 12.8. The molecule has 4 rings (SSSR count). The Morgan fingerprint density at radius 1 is 1.28 bits per heavy atom. The highest BCUT2D eigenvalue weighted by atomic mass is 16.2. The molecule has 0 N–H and O–H groups in total. The number of amides is 1. The lowest BCUT2D eigenvalue weighted by Gasteiger charge is -2.33. The molecule has 2 fully saturated rings. The Morgan fingerprint density at radius 2 is 2.16 bits per heavy atom. The summed E-state index contributed by atoms with van der Waals surface area (Å²) in [6.07, 6.45) is 9.44. The molecule has 0 bridgehead atoms. The van der Waals surface area contributed by atoms with Crippen molar-refractivity contribution in [3.8, 4) is 0 Å². The van der Waals surface area contributed by atoms with E-state index in [1.54, 1.807) is 0 Å². The number of hydrogen-bond acceptors (Lipinski definition) is 2. The Hall–Kier alpha value is -2.10. The fourth-order valence-electron chi connectivity index (χ4n) is 3.94. The van der Waals surface area contributed by atoms with Crippen molar-refractivity contribution in [1.82, 2.24) is 14.5 Å². The van der Waals surface area contributed by atoms with Crippen LogP contribution in [0.15, 0.2) is 36.7 Å². The van der Waals surface area contributed by atoms with Crippen LogP contribution in [0.3, 0.4) is 0 Å². The second kappa shape index (κ2) is 7.03. The van der Waals surface area contributed by atoms with Gasteiger partial charge in [0.05, 0.1) is 6.42 Å². The van der Waals surface area contributed by atoms with Crippen LogP contribution in [0.1, 0.15) is 48.6 Å². The van der Waals surface area contributed by atoms with E-state index in [4.69, 9.17) is 0 Å². The number of carbonyl (C=O) groups is 1. The van der Waals surface area contributed by atoms with Crippen LogP contribution in [0.2, 0.25) is 0 Å². The summed E-state index contributed by atoms with van der Waals surface area (Å²) in [5, 5.41) is 0. The quantitative estimate of drug-likeness (QED) is 0.837. The van der Waals surface area contributed by atoms with E-state index in [-0.39, 0.29) is 5.91 Å². The Morgan fingerprint density at radius 3 is 2.96 bits per heavy atom. The molecule has 132 valence electrons. The van der Waals surface area contributed by atoms with Gasteiger partial charge in [0.2, 0.25) is 5.91 Å². The van der Waals surface area contributed by atoms with Gasteiger partial charge in [-0.2, -0.15) is 0 Å². The van der Waals surface area contributed by atoms with Gasteiger partial charge < -0.3 is 9.47 Å². The topological polar surface area (TPSA) is 38.1 Å². The number of nitrogens with zero attached hydrogens (tertiary/aromatic N) is 3. The van der Waals surface area contributed by atoms with Crippen molar-refractivity contribution in [2.45, 2.75) is 51.5 Å². The number of piperidine rings is 1. The largest absolute Gasteiger partial charge is 0.342 e. The van der Waals surface area contributed by atoms with E-state index in [2.05, 4.69) is 40.9 Å². The van der Waals surface area contributed by atoms with Crippen LogP contribution in [-0.4, -0.2) is 33.4 Å². The third-order valence-electron chi connectivity index (χ3n) is 5.48. The van der Waals surface area contributed by atoms with Gasteiger partial charge in [-0.1, -0.05) is 29.8 Å². The average molecular weight is 337 g/mol. The van der Waals surface area contributed by atoms with Crippen LogP contribution >= 0.6 is 0 Å². The molecule has 4 nitrogen and oxygen atoms in total. The first-order valence-corrected chi connectivity index (χ1v) is 9.53. The van der Waals surface area contributed by atoms with Crippen molar-refractivity contribution in [3.63, 3.8) is 0 Å². The molecule has 2 aromatic rings. The summed E-state index contributed by atoms with van der Waals surface area (Å²) >= 11 is 0. The number of hydrogen-bond donors (Lipinski definition) is 0. The van der Waals surface area contributed by atoms with Crippen LogP contribution in [-0.2, 0) is 17.8 Å². The van der Waals surface area contributed by atoms with Crippen molar-refractivity contribution in [2.75, 3.05) is 13.1 Å². The lowest BCUT2D eigenvalue weighted by Crippen LogP contribution is -2.40. The zero-order chi connectivity index (χ0) is 17.2. The van der Waals surface area contributed by atoms with Crippen LogP contribution in [0, 0.1) is 12.8 Å². The van der Waals surface area contributed by atoms with Crippen molar-refractivity contribution < 1.29 is 4.79 Å². The van der Waals surface area contributed by atoms with Crippen molar-refractivity contribution in [1.29, 1.82) is 0 Å². The fraction of sp³-hybridized carbons (Fsp3) is 0.524. The maximum Gasteiger partial charge on any atom is 0.227 e. The molecule has 0 spiro atoms. The minimum absolute atomic E-state index is 0.246. The zero-order valence-electron chi connectivity index (χ0n) is 15.0. The third kappa shape index (κ3) is 3.94. The smallest absolute Gasteiger partial charge is 0.227 e. The minimum atomic E-state index is 0.246. The number of carbonyl (C=O) groups excluding carboxylic acids is 1. The summed E-state index contributed by atoms with van der Waals surface area (Å²) in [5.74, 6) is 2.65. The fourth-order valence-corrected chi connectivity index (χ4v) is 3.94. The van der Waals surface area contributed by atoms with Gasteiger partial charge in [-0.3, -0.25) is 4.79 Å². The highest BCUT2D eigenvalue weighted by Gasteiger charge is 2.29. The molecule has 1 aliphatic heterocycles. The van der Waals surface area contributed by atoms with E-state index < -0.39 is 0 Å². The second-order valence-electron chi connectivity index (χ2n) is 7.73. The highest BCUT2D eigenvalue weighted by Crippen LogP contribution is 2.33. The summed E-state index contributed by atoms with van der Waals surface area (Å²) in [7, 11) is 0. The molecule has 1 aromatic heterocycles. The predicted octanol–water partition coefficient (Wildman–Crippen LogP) is 3.55. The van der Waals surface area contributed by atoms with Crippen molar-refractivity contribution in [2.24, 2.45) is 5.92 Å². The lowest BCUT2D eigenvalue weighted by atomic mass is 9.96. The van der Waals surface area contributed by atoms with Gasteiger partial charge in [-0.25, -0.2) is 4.98 Å². The molecule has 25 heavy (non-hydrogen) atoms. The SMILES string of the molecule is Cc1cccc(CC(=O)N2CCC[C@H](c3nccn3CC3CC3)C2)c1. The van der Waals surface area contributed by atoms with Crippen LogP contribution in [0.25, 0.3) is 0 Å². The van der Waals surface area contributed by atoms with Crippen LogP contribution in [0.5, 0.6) is 0 Å². The predicted molar refractivity (Wildman–Crippen MR) is 98.4 cm³/mol. The molecule has 0 radical (unpaired) electrons. The first-order chi connectivity index (χ1) is 12.2. The number of rotatable bonds is 5. The van der Waals surface area contributed by atoms with E-state index in [0.717, 1.165) is 44.0 Å². The first-order valence-electron chi connectivity index (χ1n) is 9.53. The number of imidazole rings is 1. The number of aryl methyl sites for hydroxylation is 1. The molecular weight excluding hydrogens is 310 g/mol. The third-order valence-corrected chi connectivity index (χ3v) is 5.48. The summed E-state index contributed by atoms with van der Waals surface area (Å²) < 4.78 is 2.33. The Balaban J connectivity index is 1.42. The number of benzene rings is 1. The van der Waals surface area contributed by atoms with E-state index in [0.29, 0.717) is 12.3 Å². The summed E-state index contributed by atoms with van der Waals surface area (Å²) in [5.41, 5.74) is 2.33. The Bertz CT molecular complexity index is 747. The van der Waals surface area contributed by atoms with Gasteiger partial charge in [-0.15, -0.1) is 0 Å². The van der Waals surface area contributed by atoms with Gasteiger partial charge in [0.25, 0.3) is 0 Å². The van der Waals surface area contributed by atoms with Gasteiger partial charge >= 0.3 is 0 Å². The molecule has 2 heterocycles. The number of likely N-dealkylation sites (tertiary alicyclic amines) is 1. The summed E-state index contributed by atoms with van der Waals surface area (Å²) in [6.45, 7) is 4.87. The van der Waals surface area contributed by atoms with Gasteiger partial charge in [0, 0.05) is 37.9 Å². The first kappa shape index (κ1) is 16.4. The van der Waals surface area contributed by atoms with Crippen LogP contribution < -0.4 is 0 Å². The molecule has 0 unspecified atom stereocenters. The van der Waals surface area contributed by atoms with Gasteiger partial charge in [0.1, 0.15) is 5.82 Å². The molecule has 1 aliphatic carbocycles. The molecule has 1 atom stereocenters. The molecule has 1 saturated heterocycles. The van der Waals surface area contributed by atoms with Gasteiger partial charge in [-0.05, 0) is 44.1 Å². The molecule has 1 aromatic carbocycles. The zero-order valence-corrected chi connectivity index (χ0v) is 15.0. The maximum atomic E-state index is 12.8.